The van der Waals surface area contributed by atoms with Crippen molar-refractivity contribution < 1.29 is 13.2 Å². The normalized spacial score (nSPS) is 18.6. The van der Waals surface area contributed by atoms with Gasteiger partial charge in [-0.2, -0.15) is 13.2 Å². The predicted molar refractivity (Wildman–Crippen MR) is 63.8 cm³/mol. The summed E-state index contributed by atoms with van der Waals surface area (Å²) in [4.78, 5) is 0. The van der Waals surface area contributed by atoms with Crippen LogP contribution in [-0.2, 0) is 0 Å². The highest BCUT2D eigenvalue weighted by Crippen LogP contribution is 2.39. The molecule has 1 N–H and O–H groups in total. The fourth-order valence-corrected chi connectivity index (χ4v) is 2.26. The van der Waals surface area contributed by atoms with Crippen LogP contribution in [0.15, 0.2) is 23.3 Å². The van der Waals surface area contributed by atoms with E-state index in [4.69, 9.17) is 0 Å². The smallest absolute Gasteiger partial charge is 0.320 e. The molecular formula is C13H20F3N. The first-order valence-corrected chi connectivity index (χ1v) is 6.13. The van der Waals surface area contributed by atoms with E-state index >= 15 is 0 Å². The first-order valence-electron chi connectivity index (χ1n) is 6.13. The quantitative estimate of drug-likeness (QED) is 0.778. The molecule has 1 unspecified atom stereocenters. The predicted octanol–water partition coefficient (Wildman–Crippen LogP) is 3.83. The average molecular weight is 247 g/mol. The molecule has 0 aromatic carbocycles. The Morgan fingerprint density at radius 1 is 1.29 bits per heavy atom. The first kappa shape index (κ1) is 14.3. The third kappa shape index (κ3) is 3.87. The summed E-state index contributed by atoms with van der Waals surface area (Å²) < 4.78 is 38.7. The van der Waals surface area contributed by atoms with Crippen LogP contribution in [0.3, 0.4) is 0 Å². The summed E-state index contributed by atoms with van der Waals surface area (Å²) in [7, 11) is 1.82. The molecule has 0 aromatic heterocycles. The Morgan fingerprint density at radius 2 is 1.94 bits per heavy atom. The van der Waals surface area contributed by atoms with Gasteiger partial charge in [0.05, 0.1) is 5.57 Å². The zero-order valence-corrected chi connectivity index (χ0v) is 10.4. The molecule has 1 atom stereocenters. The van der Waals surface area contributed by atoms with E-state index in [0.29, 0.717) is 12.0 Å². The van der Waals surface area contributed by atoms with E-state index in [1.54, 1.807) is 6.08 Å². The van der Waals surface area contributed by atoms with Crippen LogP contribution in [-0.4, -0.2) is 19.8 Å². The molecular weight excluding hydrogens is 227 g/mol. The molecule has 0 radical (unpaired) electrons. The molecule has 1 nitrogen and oxygen atoms in total. The standard InChI is InChI=1S/C13H20F3N/c1-3-10(8-9-17-2)11-6-4-5-7-12(11)13(14,15)16/h6-7,10,17H,3-5,8-9H2,1-2H3. The third-order valence-electron chi connectivity index (χ3n) is 3.17. The fourth-order valence-electron chi connectivity index (χ4n) is 2.26. The number of hydrogen-bond acceptors (Lipinski definition) is 1. The van der Waals surface area contributed by atoms with Gasteiger partial charge in [0.15, 0.2) is 0 Å². The number of rotatable bonds is 5. The molecule has 4 heteroatoms. The van der Waals surface area contributed by atoms with Crippen molar-refractivity contribution in [1.29, 1.82) is 0 Å². The summed E-state index contributed by atoms with van der Waals surface area (Å²) in [6, 6.07) is 0. The van der Waals surface area contributed by atoms with Gasteiger partial charge in [-0.3, -0.25) is 0 Å². The van der Waals surface area contributed by atoms with Crippen molar-refractivity contribution in [3.05, 3.63) is 23.3 Å². The van der Waals surface area contributed by atoms with Crippen LogP contribution >= 0.6 is 0 Å². The van der Waals surface area contributed by atoms with E-state index in [9.17, 15) is 13.2 Å². The second-order valence-electron chi connectivity index (χ2n) is 4.35. The van der Waals surface area contributed by atoms with E-state index in [1.807, 2.05) is 14.0 Å². The van der Waals surface area contributed by atoms with Crippen LogP contribution in [0.25, 0.3) is 0 Å². The summed E-state index contributed by atoms with van der Waals surface area (Å²) in [5, 5.41) is 3.00. The molecule has 0 spiro atoms. The van der Waals surface area contributed by atoms with Crippen LogP contribution in [0.2, 0.25) is 0 Å². The van der Waals surface area contributed by atoms with Crippen molar-refractivity contribution in [2.24, 2.45) is 5.92 Å². The summed E-state index contributed by atoms with van der Waals surface area (Å²) in [6.45, 7) is 2.70. The highest BCUT2D eigenvalue weighted by atomic mass is 19.4. The molecule has 1 aliphatic rings. The van der Waals surface area contributed by atoms with Crippen molar-refractivity contribution >= 4 is 0 Å². The van der Waals surface area contributed by atoms with E-state index < -0.39 is 11.7 Å². The second-order valence-corrected chi connectivity index (χ2v) is 4.35. The lowest BCUT2D eigenvalue weighted by molar-refractivity contribution is -0.0906. The number of allylic oxidation sites excluding steroid dienone is 4. The molecule has 0 amide bonds. The van der Waals surface area contributed by atoms with Gasteiger partial charge in [0, 0.05) is 0 Å². The van der Waals surface area contributed by atoms with Crippen LogP contribution in [0.4, 0.5) is 13.2 Å². The molecule has 0 fully saturated rings. The van der Waals surface area contributed by atoms with Gasteiger partial charge in [0.2, 0.25) is 0 Å². The summed E-state index contributed by atoms with van der Waals surface area (Å²) >= 11 is 0. The number of halogens is 3. The Balaban J connectivity index is 2.85. The van der Waals surface area contributed by atoms with Crippen molar-refractivity contribution in [2.45, 2.75) is 38.8 Å². The number of nitrogens with one attached hydrogen (secondary N) is 1. The SMILES string of the molecule is CCC(CCNC)C1=CCCC=C1C(F)(F)F. The Morgan fingerprint density at radius 3 is 2.47 bits per heavy atom. The molecule has 0 saturated carbocycles. The molecule has 0 aromatic rings. The largest absolute Gasteiger partial charge is 0.416 e. The fraction of sp³-hybridized carbons (Fsp3) is 0.692. The van der Waals surface area contributed by atoms with Crippen molar-refractivity contribution in [2.75, 3.05) is 13.6 Å². The Kier molecular flexibility index (Phi) is 5.25. The van der Waals surface area contributed by atoms with Gasteiger partial charge in [0.25, 0.3) is 0 Å². The van der Waals surface area contributed by atoms with E-state index in [-0.39, 0.29) is 5.92 Å². The lowest BCUT2D eigenvalue weighted by Crippen LogP contribution is -2.22. The van der Waals surface area contributed by atoms with Gasteiger partial charge in [0.1, 0.15) is 0 Å². The van der Waals surface area contributed by atoms with E-state index in [0.717, 1.165) is 25.8 Å². The molecule has 1 rings (SSSR count). The minimum Gasteiger partial charge on any atom is -0.320 e. The molecule has 0 aliphatic heterocycles. The first-order chi connectivity index (χ1) is 8.00. The monoisotopic (exact) mass is 247 g/mol. The van der Waals surface area contributed by atoms with Crippen molar-refractivity contribution in [1.82, 2.24) is 5.32 Å². The third-order valence-corrected chi connectivity index (χ3v) is 3.17. The highest BCUT2D eigenvalue weighted by Gasteiger charge is 2.38. The van der Waals surface area contributed by atoms with Crippen LogP contribution in [0.1, 0.15) is 32.6 Å². The molecule has 0 bridgehead atoms. The van der Waals surface area contributed by atoms with Crippen LogP contribution < -0.4 is 5.32 Å². The number of hydrogen-bond donors (Lipinski definition) is 1. The second kappa shape index (κ2) is 6.24. The molecule has 98 valence electrons. The van der Waals surface area contributed by atoms with E-state index in [1.165, 1.54) is 6.08 Å². The zero-order chi connectivity index (χ0) is 12.9. The lowest BCUT2D eigenvalue weighted by Gasteiger charge is -2.25. The lowest BCUT2D eigenvalue weighted by atomic mass is 9.83. The highest BCUT2D eigenvalue weighted by molar-refractivity contribution is 5.38. The zero-order valence-electron chi connectivity index (χ0n) is 10.4. The summed E-state index contributed by atoms with van der Waals surface area (Å²) in [6.07, 6.45) is 1.64. The number of alkyl halides is 3. The maximum atomic E-state index is 12.9. The molecule has 1 aliphatic carbocycles. The minimum atomic E-state index is -4.21. The maximum Gasteiger partial charge on any atom is 0.416 e. The van der Waals surface area contributed by atoms with Crippen LogP contribution in [0, 0.1) is 5.92 Å². The average Bonchev–Trinajstić information content (AvgIpc) is 2.29. The minimum absolute atomic E-state index is 0.00984. The summed E-state index contributed by atoms with van der Waals surface area (Å²) in [5.74, 6) is 0.00984. The molecule has 17 heavy (non-hydrogen) atoms. The van der Waals surface area contributed by atoms with Gasteiger partial charge >= 0.3 is 6.18 Å². The Hall–Kier alpha value is -0.770. The van der Waals surface area contributed by atoms with Gasteiger partial charge in [-0.05, 0) is 50.8 Å². The van der Waals surface area contributed by atoms with E-state index in [2.05, 4.69) is 5.32 Å². The summed E-state index contributed by atoms with van der Waals surface area (Å²) in [5.41, 5.74) is 0.0909. The van der Waals surface area contributed by atoms with Gasteiger partial charge in [-0.15, -0.1) is 0 Å². The maximum absolute atomic E-state index is 12.9. The molecule has 0 heterocycles. The van der Waals surface area contributed by atoms with Crippen molar-refractivity contribution in [3.63, 3.8) is 0 Å². The van der Waals surface area contributed by atoms with Gasteiger partial charge in [-0.25, -0.2) is 0 Å². The Labute approximate surface area is 101 Å². The van der Waals surface area contributed by atoms with Crippen LogP contribution in [0.5, 0.6) is 0 Å². The van der Waals surface area contributed by atoms with Gasteiger partial charge < -0.3 is 5.32 Å². The molecule has 0 saturated heterocycles. The van der Waals surface area contributed by atoms with Crippen molar-refractivity contribution in [3.8, 4) is 0 Å². The Bertz CT molecular complexity index is 302. The topological polar surface area (TPSA) is 12.0 Å². The van der Waals surface area contributed by atoms with Gasteiger partial charge in [-0.1, -0.05) is 19.1 Å².